The third kappa shape index (κ3) is 3.22. The average Bonchev–Trinajstić information content (AvgIpc) is 2.83. The lowest BCUT2D eigenvalue weighted by atomic mass is 9.80. The number of piperazine rings is 1. The molecule has 1 unspecified atom stereocenters. The van der Waals surface area contributed by atoms with E-state index in [0.29, 0.717) is 6.54 Å². The molecule has 120 valence electrons. The van der Waals surface area contributed by atoms with Crippen molar-refractivity contribution >= 4 is 23.6 Å². The quantitative estimate of drug-likeness (QED) is 0.811. The lowest BCUT2D eigenvalue weighted by molar-refractivity contribution is -0.158. The Morgan fingerprint density at radius 1 is 1.29 bits per heavy atom. The largest absolute Gasteiger partial charge is 0.340 e. The van der Waals surface area contributed by atoms with Gasteiger partial charge in [-0.15, -0.1) is 0 Å². The first kappa shape index (κ1) is 16.7. The molecule has 1 aliphatic carbocycles. The zero-order valence-electron chi connectivity index (χ0n) is 13.7. The van der Waals surface area contributed by atoms with E-state index in [2.05, 4.69) is 12.2 Å². The Morgan fingerprint density at radius 2 is 1.90 bits per heavy atom. The molecule has 0 bridgehead atoms. The summed E-state index contributed by atoms with van der Waals surface area (Å²) in [6.07, 6.45) is 3.66. The predicted molar refractivity (Wildman–Crippen MR) is 87.3 cm³/mol. The highest BCUT2D eigenvalue weighted by Gasteiger charge is 2.54. The third-order valence-electron chi connectivity index (χ3n) is 4.55. The van der Waals surface area contributed by atoms with Gasteiger partial charge in [0.1, 0.15) is 11.6 Å². The van der Waals surface area contributed by atoms with Crippen LogP contribution in [0.2, 0.25) is 0 Å². The number of thioether (sulfide) groups is 1. The molecule has 1 spiro atoms. The molecule has 1 saturated carbocycles. The number of carbonyl (C=O) groups excluding carboxylic acids is 2. The van der Waals surface area contributed by atoms with Gasteiger partial charge < -0.3 is 10.2 Å². The Labute approximate surface area is 132 Å². The highest BCUT2D eigenvalue weighted by molar-refractivity contribution is 7.99. The van der Waals surface area contributed by atoms with Gasteiger partial charge in [0.25, 0.3) is 0 Å². The summed E-state index contributed by atoms with van der Waals surface area (Å²) >= 11 is 1.82. The Kier molecular flexibility index (Phi) is 4.91. The maximum Gasteiger partial charge on any atom is 0.249 e. The van der Waals surface area contributed by atoms with E-state index in [0.717, 1.165) is 37.2 Å². The van der Waals surface area contributed by atoms with Crippen LogP contribution >= 0.6 is 11.8 Å². The van der Waals surface area contributed by atoms with Crippen LogP contribution in [-0.2, 0) is 9.59 Å². The third-order valence-corrected chi connectivity index (χ3v) is 5.43. The number of nitrogens with one attached hydrogen (secondary N) is 1. The Balaban J connectivity index is 2.25. The van der Waals surface area contributed by atoms with E-state index in [1.807, 2.05) is 37.4 Å². The van der Waals surface area contributed by atoms with Crippen molar-refractivity contribution in [2.24, 2.45) is 5.41 Å². The van der Waals surface area contributed by atoms with Gasteiger partial charge in [0, 0.05) is 12.3 Å². The average molecular weight is 312 g/mol. The van der Waals surface area contributed by atoms with Crippen LogP contribution in [0.5, 0.6) is 0 Å². The Morgan fingerprint density at radius 3 is 2.43 bits per heavy atom. The van der Waals surface area contributed by atoms with Gasteiger partial charge in [-0.3, -0.25) is 9.59 Å². The molecule has 1 atom stereocenters. The number of amides is 2. The smallest absolute Gasteiger partial charge is 0.249 e. The zero-order valence-corrected chi connectivity index (χ0v) is 14.5. The monoisotopic (exact) mass is 312 g/mol. The molecule has 4 nitrogen and oxygen atoms in total. The Bertz CT molecular complexity index is 411. The lowest BCUT2D eigenvalue weighted by Crippen LogP contribution is -2.72. The summed E-state index contributed by atoms with van der Waals surface area (Å²) in [4.78, 5) is 27.6. The zero-order chi connectivity index (χ0) is 15.7. The van der Waals surface area contributed by atoms with Crippen LogP contribution in [-0.4, -0.2) is 46.3 Å². The lowest BCUT2D eigenvalue weighted by Gasteiger charge is -2.48. The fourth-order valence-corrected chi connectivity index (χ4v) is 4.22. The van der Waals surface area contributed by atoms with Crippen molar-refractivity contribution in [2.75, 3.05) is 18.1 Å². The number of carbonyl (C=O) groups is 2. The van der Waals surface area contributed by atoms with E-state index < -0.39 is 5.54 Å². The molecule has 2 fully saturated rings. The number of hydrogen-bond donors (Lipinski definition) is 1. The fraction of sp³-hybridized carbons (Fsp3) is 0.875. The summed E-state index contributed by atoms with van der Waals surface area (Å²) in [7, 11) is 0. The molecule has 2 rings (SSSR count). The summed E-state index contributed by atoms with van der Waals surface area (Å²) in [6.45, 7) is 8.91. The topological polar surface area (TPSA) is 49.4 Å². The highest BCUT2D eigenvalue weighted by Crippen LogP contribution is 2.38. The van der Waals surface area contributed by atoms with Gasteiger partial charge in [0.2, 0.25) is 11.8 Å². The van der Waals surface area contributed by atoms with E-state index in [1.165, 1.54) is 0 Å². The molecule has 1 saturated heterocycles. The molecular formula is C16H28N2O2S. The van der Waals surface area contributed by atoms with Gasteiger partial charge in [-0.05, 0) is 24.0 Å². The first-order valence-corrected chi connectivity index (χ1v) is 9.18. The summed E-state index contributed by atoms with van der Waals surface area (Å²) in [5.41, 5.74) is -0.841. The van der Waals surface area contributed by atoms with E-state index in [9.17, 15) is 9.59 Å². The van der Waals surface area contributed by atoms with Crippen molar-refractivity contribution in [2.45, 2.75) is 65.0 Å². The molecule has 0 radical (unpaired) electrons. The summed E-state index contributed by atoms with van der Waals surface area (Å²) in [6, 6.07) is -0.353. The Hall–Kier alpha value is -0.710. The van der Waals surface area contributed by atoms with E-state index >= 15 is 0 Å². The van der Waals surface area contributed by atoms with Crippen LogP contribution in [0.3, 0.4) is 0 Å². The molecule has 0 aromatic heterocycles. The van der Waals surface area contributed by atoms with Crippen molar-refractivity contribution in [1.82, 2.24) is 10.2 Å². The van der Waals surface area contributed by atoms with Crippen molar-refractivity contribution in [3.05, 3.63) is 0 Å². The second-order valence-electron chi connectivity index (χ2n) is 7.24. The molecule has 5 heteroatoms. The van der Waals surface area contributed by atoms with Crippen LogP contribution < -0.4 is 5.32 Å². The molecule has 2 amide bonds. The SMILES string of the molecule is CCSCCN1C(=O)C2(CCCC2)NC(=O)C1C(C)(C)C. The fourth-order valence-electron chi connectivity index (χ4n) is 3.61. The first-order chi connectivity index (χ1) is 9.82. The van der Waals surface area contributed by atoms with Crippen molar-refractivity contribution in [1.29, 1.82) is 0 Å². The summed E-state index contributed by atoms with van der Waals surface area (Å²) in [5, 5.41) is 3.08. The van der Waals surface area contributed by atoms with Gasteiger partial charge in [-0.2, -0.15) is 11.8 Å². The van der Waals surface area contributed by atoms with Crippen LogP contribution in [0.15, 0.2) is 0 Å². The molecule has 1 heterocycles. The van der Waals surface area contributed by atoms with Crippen molar-refractivity contribution in [3.63, 3.8) is 0 Å². The van der Waals surface area contributed by atoms with Crippen LogP contribution in [0, 0.1) is 5.41 Å². The van der Waals surface area contributed by atoms with Crippen LogP contribution in [0.1, 0.15) is 53.4 Å². The van der Waals surface area contributed by atoms with Gasteiger partial charge in [0.15, 0.2) is 0 Å². The molecule has 1 N–H and O–H groups in total. The first-order valence-electron chi connectivity index (χ1n) is 8.03. The minimum atomic E-state index is -0.601. The highest BCUT2D eigenvalue weighted by atomic mass is 32.2. The molecular weight excluding hydrogens is 284 g/mol. The predicted octanol–water partition coefficient (Wildman–Crippen LogP) is 2.43. The van der Waals surface area contributed by atoms with E-state index in [-0.39, 0.29) is 23.3 Å². The van der Waals surface area contributed by atoms with E-state index in [4.69, 9.17) is 0 Å². The second-order valence-corrected chi connectivity index (χ2v) is 8.64. The molecule has 0 aromatic rings. The van der Waals surface area contributed by atoms with Gasteiger partial charge in [-0.1, -0.05) is 40.5 Å². The molecule has 1 aliphatic heterocycles. The molecule has 2 aliphatic rings. The van der Waals surface area contributed by atoms with Gasteiger partial charge in [0.05, 0.1) is 0 Å². The summed E-state index contributed by atoms with van der Waals surface area (Å²) in [5.74, 6) is 2.12. The molecule has 21 heavy (non-hydrogen) atoms. The van der Waals surface area contributed by atoms with Crippen LogP contribution in [0.25, 0.3) is 0 Å². The standard InChI is InChI=1S/C16H28N2O2S/c1-5-21-11-10-18-12(15(2,3)4)13(19)17-16(14(18)20)8-6-7-9-16/h12H,5-11H2,1-4H3,(H,17,19). The normalized spacial score (nSPS) is 25.5. The van der Waals surface area contributed by atoms with Crippen molar-refractivity contribution in [3.8, 4) is 0 Å². The van der Waals surface area contributed by atoms with Crippen LogP contribution in [0.4, 0.5) is 0 Å². The second kappa shape index (κ2) is 6.19. The number of hydrogen-bond acceptors (Lipinski definition) is 3. The number of nitrogens with zero attached hydrogens (tertiary/aromatic N) is 1. The maximum absolute atomic E-state index is 13.0. The van der Waals surface area contributed by atoms with E-state index in [1.54, 1.807) is 0 Å². The summed E-state index contributed by atoms with van der Waals surface area (Å²) < 4.78 is 0. The molecule has 0 aromatic carbocycles. The number of rotatable bonds is 4. The van der Waals surface area contributed by atoms with Gasteiger partial charge >= 0.3 is 0 Å². The maximum atomic E-state index is 13.0. The van der Waals surface area contributed by atoms with Gasteiger partial charge in [-0.25, -0.2) is 0 Å². The minimum Gasteiger partial charge on any atom is -0.340 e. The van der Waals surface area contributed by atoms with Crippen molar-refractivity contribution < 1.29 is 9.59 Å². The minimum absolute atomic E-state index is 0.0329.